The molecule has 0 radical (unpaired) electrons. The fourth-order valence-electron chi connectivity index (χ4n) is 1.81. The van der Waals surface area contributed by atoms with Gasteiger partial charge in [0.25, 0.3) is 5.91 Å². The third-order valence-corrected chi connectivity index (χ3v) is 2.92. The molecule has 4 heteroatoms. The number of hydrogen-bond donors (Lipinski definition) is 2. The molecule has 2 N–H and O–H groups in total. The van der Waals surface area contributed by atoms with Gasteiger partial charge in [0.15, 0.2) is 0 Å². The maximum Gasteiger partial charge on any atom is 0.254 e. The van der Waals surface area contributed by atoms with E-state index in [0.29, 0.717) is 12.1 Å². The Morgan fingerprint density at radius 3 is 2.65 bits per heavy atom. The summed E-state index contributed by atoms with van der Waals surface area (Å²) in [6.07, 6.45) is 2.41. The summed E-state index contributed by atoms with van der Waals surface area (Å²) in [5, 5.41) is 12.8. The number of nitrogens with one attached hydrogen (secondary N) is 1. The van der Waals surface area contributed by atoms with E-state index in [1.54, 1.807) is 6.07 Å². The second-order valence-electron chi connectivity index (χ2n) is 5.37. The zero-order valence-electron chi connectivity index (χ0n) is 10.9. The molecule has 0 saturated heterocycles. The SMILES string of the molecule is CC(C)C(O)C(C)(C)CNC(=O)c1ccoc1. The molecule has 1 heterocycles. The van der Waals surface area contributed by atoms with Gasteiger partial charge in [-0.25, -0.2) is 0 Å². The van der Waals surface area contributed by atoms with Crippen molar-refractivity contribution < 1.29 is 14.3 Å². The number of furan rings is 1. The van der Waals surface area contributed by atoms with Gasteiger partial charge < -0.3 is 14.8 Å². The summed E-state index contributed by atoms with van der Waals surface area (Å²) in [5.41, 5.74) is 0.146. The number of carbonyl (C=O) groups is 1. The van der Waals surface area contributed by atoms with E-state index in [1.165, 1.54) is 12.5 Å². The Labute approximate surface area is 102 Å². The second kappa shape index (κ2) is 5.36. The van der Waals surface area contributed by atoms with Gasteiger partial charge in [0, 0.05) is 12.0 Å². The smallest absolute Gasteiger partial charge is 0.254 e. The van der Waals surface area contributed by atoms with E-state index >= 15 is 0 Å². The van der Waals surface area contributed by atoms with Crippen LogP contribution in [0.3, 0.4) is 0 Å². The summed E-state index contributed by atoms with van der Waals surface area (Å²) < 4.78 is 4.84. The van der Waals surface area contributed by atoms with Gasteiger partial charge in [-0.3, -0.25) is 4.79 Å². The molecule has 1 atom stereocenters. The molecular formula is C13H21NO3. The first kappa shape index (κ1) is 13.8. The van der Waals surface area contributed by atoms with Crippen LogP contribution in [-0.2, 0) is 0 Å². The van der Waals surface area contributed by atoms with Crippen molar-refractivity contribution in [1.82, 2.24) is 5.32 Å². The lowest BCUT2D eigenvalue weighted by molar-refractivity contribution is 0.0138. The summed E-state index contributed by atoms with van der Waals surface area (Å²) >= 11 is 0. The van der Waals surface area contributed by atoms with Crippen LogP contribution in [-0.4, -0.2) is 23.7 Å². The van der Waals surface area contributed by atoms with Crippen molar-refractivity contribution in [3.05, 3.63) is 24.2 Å². The number of carbonyl (C=O) groups excluding carboxylic acids is 1. The Hall–Kier alpha value is -1.29. The molecule has 17 heavy (non-hydrogen) atoms. The molecule has 0 fully saturated rings. The van der Waals surface area contributed by atoms with Gasteiger partial charge in [0.2, 0.25) is 0 Å². The van der Waals surface area contributed by atoms with Gasteiger partial charge in [-0.15, -0.1) is 0 Å². The van der Waals surface area contributed by atoms with Crippen LogP contribution >= 0.6 is 0 Å². The average molecular weight is 239 g/mol. The highest BCUT2D eigenvalue weighted by Crippen LogP contribution is 2.25. The van der Waals surface area contributed by atoms with Gasteiger partial charge in [-0.2, -0.15) is 0 Å². The third kappa shape index (κ3) is 3.60. The lowest BCUT2D eigenvalue weighted by atomic mass is 9.80. The van der Waals surface area contributed by atoms with Gasteiger partial charge in [0.05, 0.1) is 17.9 Å². The molecule has 0 saturated carbocycles. The lowest BCUT2D eigenvalue weighted by Gasteiger charge is -2.33. The van der Waals surface area contributed by atoms with Crippen molar-refractivity contribution in [3.8, 4) is 0 Å². The Balaban J connectivity index is 2.53. The van der Waals surface area contributed by atoms with Crippen molar-refractivity contribution in [2.75, 3.05) is 6.54 Å². The van der Waals surface area contributed by atoms with Gasteiger partial charge in [0.1, 0.15) is 6.26 Å². The molecule has 1 aromatic heterocycles. The van der Waals surface area contributed by atoms with Gasteiger partial charge in [-0.1, -0.05) is 27.7 Å². The zero-order chi connectivity index (χ0) is 13.1. The molecule has 0 aliphatic carbocycles. The van der Waals surface area contributed by atoms with Crippen LogP contribution in [0.2, 0.25) is 0 Å². The molecule has 1 aromatic rings. The highest BCUT2D eigenvalue weighted by molar-refractivity contribution is 5.93. The first-order valence-electron chi connectivity index (χ1n) is 5.83. The molecule has 1 amide bonds. The van der Waals surface area contributed by atoms with E-state index in [0.717, 1.165) is 0 Å². The summed E-state index contributed by atoms with van der Waals surface area (Å²) in [7, 11) is 0. The van der Waals surface area contributed by atoms with Crippen molar-refractivity contribution in [1.29, 1.82) is 0 Å². The Morgan fingerprint density at radius 2 is 2.18 bits per heavy atom. The van der Waals surface area contributed by atoms with Crippen molar-refractivity contribution in [2.24, 2.45) is 11.3 Å². The zero-order valence-corrected chi connectivity index (χ0v) is 10.9. The predicted molar refractivity (Wildman–Crippen MR) is 65.7 cm³/mol. The molecule has 96 valence electrons. The molecule has 0 aliphatic heterocycles. The quantitative estimate of drug-likeness (QED) is 0.826. The monoisotopic (exact) mass is 239 g/mol. The first-order valence-corrected chi connectivity index (χ1v) is 5.83. The number of aliphatic hydroxyl groups is 1. The number of rotatable bonds is 5. The van der Waals surface area contributed by atoms with Crippen LogP contribution in [0.5, 0.6) is 0 Å². The Kier molecular flexibility index (Phi) is 4.34. The van der Waals surface area contributed by atoms with E-state index in [4.69, 9.17) is 4.42 Å². The molecular weight excluding hydrogens is 218 g/mol. The maximum absolute atomic E-state index is 11.7. The van der Waals surface area contributed by atoms with Crippen LogP contribution in [0.15, 0.2) is 23.0 Å². The van der Waals surface area contributed by atoms with E-state index in [-0.39, 0.29) is 17.2 Å². The van der Waals surface area contributed by atoms with E-state index in [1.807, 2.05) is 27.7 Å². The molecule has 0 aliphatic rings. The standard InChI is InChI=1S/C13H21NO3/c1-9(2)11(15)13(3,4)8-14-12(16)10-5-6-17-7-10/h5-7,9,11,15H,8H2,1-4H3,(H,14,16). The van der Waals surface area contributed by atoms with Gasteiger partial charge >= 0.3 is 0 Å². The van der Waals surface area contributed by atoms with Gasteiger partial charge in [-0.05, 0) is 12.0 Å². The van der Waals surface area contributed by atoms with Crippen LogP contribution in [0.4, 0.5) is 0 Å². The third-order valence-electron chi connectivity index (χ3n) is 2.92. The molecule has 1 unspecified atom stereocenters. The number of amides is 1. The largest absolute Gasteiger partial charge is 0.472 e. The van der Waals surface area contributed by atoms with Crippen LogP contribution in [0.25, 0.3) is 0 Å². The number of hydrogen-bond acceptors (Lipinski definition) is 3. The highest BCUT2D eigenvalue weighted by atomic mass is 16.3. The molecule has 0 bridgehead atoms. The summed E-state index contributed by atoms with van der Waals surface area (Å²) in [6, 6.07) is 1.61. The second-order valence-corrected chi connectivity index (χ2v) is 5.37. The van der Waals surface area contributed by atoms with Crippen molar-refractivity contribution in [3.63, 3.8) is 0 Å². The minimum absolute atomic E-state index is 0.163. The lowest BCUT2D eigenvalue weighted by Crippen LogP contribution is -2.43. The fourth-order valence-corrected chi connectivity index (χ4v) is 1.81. The van der Waals surface area contributed by atoms with E-state index in [9.17, 15) is 9.90 Å². The highest BCUT2D eigenvalue weighted by Gasteiger charge is 2.30. The normalized spacial score (nSPS) is 13.8. The summed E-state index contributed by atoms with van der Waals surface area (Å²) in [5.74, 6) is -0.0152. The minimum atomic E-state index is -0.452. The van der Waals surface area contributed by atoms with E-state index < -0.39 is 6.10 Å². The molecule has 4 nitrogen and oxygen atoms in total. The van der Waals surface area contributed by atoms with Crippen molar-refractivity contribution in [2.45, 2.75) is 33.8 Å². The fraction of sp³-hybridized carbons (Fsp3) is 0.615. The van der Waals surface area contributed by atoms with Crippen molar-refractivity contribution >= 4 is 5.91 Å². The first-order chi connectivity index (χ1) is 7.84. The molecule has 1 rings (SSSR count). The summed E-state index contributed by atoms with van der Waals surface area (Å²) in [4.78, 5) is 11.7. The molecule has 0 aromatic carbocycles. The number of aliphatic hydroxyl groups excluding tert-OH is 1. The summed E-state index contributed by atoms with van der Waals surface area (Å²) in [6.45, 7) is 8.23. The van der Waals surface area contributed by atoms with Crippen LogP contribution in [0.1, 0.15) is 38.1 Å². The predicted octanol–water partition coefficient (Wildman–Crippen LogP) is 2.05. The average Bonchev–Trinajstić information content (AvgIpc) is 2.78. The van der Waals surface area contributed by atoms with E-state index in [2.05, 4.69) is 5.32 Å². The van der Waals surface area contributed by atoms with Crippen LogP contribution in [0, 0.1) is 11.3 Å². The van der Waals surface area contributed by atoms with Crippen LogP contribution < -0.4 is 5.32 Å². The minimum Gasteiger partial charge on any atom is -0.472 e. The topological polar surface area (TPSA) is 62.5 Å². The Bertz CT molecular complexity index is 355. The molecule has 0 spiro atoms. The Morgan fingerprint density at radius 1 is 1.53 bits per heavy atom. The maximum atomic E-state index is 11.7.